The van der Waals surface area contributed by atoms with Gasteiger partial charge in [0.25, 0.3) is 0 Å². The van der Waals surface area contributed by atoms with Crippen LogP contribution in [0.15, 0.2) is 18.3 Å². The van der Waals surface area contributed by atoms with Gasteiger partial charge in [0.05, 0.1) is 6.61 Å². The molecule has 0 aliphatic rings. The van der Waals surface area contributed by atoms with Crippen molar-refractivity contribution in [2.75, 3.05) is 13.9 Å². The Morgan fingerprint density at radius 1 is 1.42 bits per heavy atom. The van der Waals surface area contributed by atoms with Crippen LogP contribution in [0.3, 0.4) is 0 Å². The van der Waals surface area contributed by atoms with E-state index in [1.54, 1.807) is 7.11 Å². The number of rotatable bonds is 4. The van der Waals surface area contributed by atoms with Gasteiger partial charge in [-0.3, -0.25) is 4.98 Å². The van der Waals surface area contributed by atoms with E-state index in [4.69, 9.17) is 9.47 Å². The first-order valence-corrected chi connectivity index (χ1v) is 3.81. The highest BCUT2D eigenvalue weighted by molar-refractivity contribution is 5.11. The number of hydrogen-bond acceptors (Lipinski definition) is 3. The first kappa shape index (κ1) is 9.16. The normalized spacial score (nSPS) is 10.2. The van der Waals surface area contributed by atoms with E-state index < -0.39 is 0 Å². The van der Waals surface area contributed by atoms with Crippen molar-refractivity contribution in [3.8, 4) is 0 Å². The number of aryl methyl sites for hydroxylation is 1. The number of nitrogens with zero attached hydrogens (tertiary/aromatic N) is 1. The molecule has 0 spiro atoms. The highest BCUT2D eigenvalue weighted by Gasteiger charge is 1.92. The predicted molar refractivity (Wildman–Crippen MR) is 45.6 cm³/mol. The summed E-state index contributed by atoms with van der Waals surface area (Å²) in [5.41, 5.74) is 2.09. The molecule has 0 saturated carbocycles. The van der Waals surface area contributed by atoms with Crippen molar-refractivity contribution >= 4 is 0 Å². The first-order valence-electron chi connectivity index (χ1n) is 3.81. The van der Waals surface area contributed by atoms with Crippen molar-refractivity contribution < 1.29 is 9.47 Å². The van der Waals surface area contributed by atoms with E-state index in [0.717, 1.165) is 11.3 Å². The van der Waals surface area contributed by atoms with Gasteiger partial charge in [-0.2, -0.15) is 0 Å². The number of pyridine rings is 1. The van der Waals surface area contributed by atoms with Crippen molar-refractivity contribution in [1.82, 2.24) is 4.98 Å². The highest BCUT2D eigenvalue weighted by atomic mass is 16.7. The van der Waals surface area contributed by atoms with Crippen LogP contribution < -0.4 is 0 Å². The van der Waals surface area contributed by atoms with Crippen LogP contribution in [0, 0.1) is 6.92 Å². The summed E-state index contributed by atoms with van der Waals surface area (Å²) in [6.45, 7) is 2.84. The van der Waals surface area contributed by atoms with Gasteiger partial charge in [0, 0.05) is 19.0 Å². The number of hydrogen-bond donors (Lipinski definition) is 0. The Morgan fingerprint density at radius 2 is 2.25 bits per heavy atom. The van der Waals surface area contributed by atoms with Gasteiger partial charge in [-0.05, 0) is 18.6 Å². The summed E-state index contributed by atoms with van der Waals surface area (Å²) in [7, 11) is 1.60. The number of aromatic nitrogens is 1. The Labute approximate surface area is 72.3 Å². The summed E-state index contributed by atoms with van der Waals surface area (Å²) in [6, 6.07) is 3.96. The molecule has 0 unspecified atom stereocenters. The van der Waals surface area contributed by atoms with Crippen molar-refractivity contribution in [2.24, 2.45) is 0 Å². The molecule has 0 radical (unpaired) electrons. The molecule has 1 heterocycles. The molecular weight excluding hydrogens is 154 g/mol. The Morgan fingerprint density at radius 3 is 2.83 bits per heavy atom. The zero-order valence-electron chi connectivity index (χ0n) is 7.41. The van der Waals surface area contributed by atoms with Gasteiger partial charge < -0.3 is 9.47 Å². The SMILES string of the molecule is COCOCc1ccc(C)nc1. The van der Waals surface area contributed by atoms with Gasteiger partial charge in [-0.25, -0.2) is 0 Å². The molecule has 12 heavy (non-hydrogen) atoms. The first-order chi connectivity index (χ1) is 5.83. The minimum Gasteiger partial charge on any atom is -0.359 e. The maximum Gasteiger partial charge on any atom is 0.146 e. The number of methoxy groups -OCH3 is 1. The lowest BCUT2D eigenvalue weighted by molar-refractivity contribution is -0.0391. The van der Waals surface area contributed by atoms with Crippen LogP contribution in [0.1, 0.15) is 11.3 Å². The summed E-state index contributed by atoms with van der Waals surface area (Å²) in [4.78, 5) is 4.14. The van der Waals surface area contributed by atoms with E-state index in [0.29, 0.717) is 13.4 Å². The lowest BCUT2D eigenvalue weighted by Gasteiger charge is -2.02. The van der Waals surface area contributed by atoms with Gasteiger partial charge in [0.1, 0.15) is 6.79 Å². The average molecular weight is 167 g/mol. The highest BCUT2D eigenvalue weighted by Crippen LogP contribution is 2.00. The summed E-state index contributed by atoms with van der Waals surface area (Å²) < 4.78 is 9.89. The van der Waals surface area contributed by atoms with Gasteiger partial charge in [0.15, 0.2) is 0 Å². The lowest BCUT2D eigenvalue weighted by Crippen LogP contribution is -1.97. The molecule has 0 N–H and O–H groups in total. The lowest BCUT2D eigenvalue weighted by atomic mass is 10.3. The third-order valence-electron chi connectivity index (χ3n) is 1.44. The van der Waals surface area contributed by atoms with Crippen LogP contribution >= 0.6 is 0 Å². The molecule has 0 aromatic carbocycles. The van der Waals surface area contributed by atoms with Crippen molar-refractivity contribution in [1.29, 1.82) is 0 Å². The molecule has 3 heteroatoms. The van der Waals surface area contributed by atoms with Gasteiger partial charge >= 0.3 is 0 Å². The van der Waals surface area contributed by atoms with Crippen LogP contribution in [0.5, 0.6) is 0 Å². The molecule has 3 nitrogen and oxygen atoms in total. The van der Waals surface area contributed by atoms with E-state index in [1.165, 1.54) is 0 Å². The van der Waals surface area contributed by atoms with Crippen LogP contribution in [-0.4, -0.2) is 18.9 Å². The van der Waals surface area contributed by atoms with Gasteiger partial charge in [-0.15, -0.1) is 0 Å². The monoisotopic (exact) mass is 167 g/mol. The van der Waals surface area contributed by atoms with Crippen LogP contribution in [0.2, 0.25) is 0 Å². The van der Waals surface area contributed by atoms with Crippen LogP contribution in [-0.2, 0) is 16.1 Å². The molecule has 1 aromatic heterocycles. The van der Waals surface area contributed by atoms with Crippen LogP contribution in [0.4, 0.5) is 0 Å². The molecule has 0 aliphatic carbocycles. The average Bonchev–Trinajstić information content (AvgIpc) is 2.09. The summed E-state index contributed by atoms with van der Waals surface area (Å²) in [6.07, 6.45) is 1.81. The number of ether oxygens (including phenoxy) is 2. The molecule has 0 fully saturated rings. The zero-order chi connectivity index (χ0) is 8.81. The van der Waals surface area contributed by atoms with E-state index in [2.05, 4.69) is 4.98 Å². The summed E-state index contributed by atoms with van der Waals surface area (Å²) in [5.74, 6) is 0. The van der Waals surface area contributed by atoms with Crippen molar-refractivity contribution in [3.05, 3.63) is 29.6 Å². The van der Waals surface area contributed by atoms with E-state index in [9.17, 15) is 0 Å². The molecule has 0 amide bonds. The van der Waals surface area contributed by atoms with Gasteiger partial charge in [0.2, 0.25) is 0 Å². The van der Waals surface area contributed by atoms with E-state index >= 15 is 0 Å². The standard InChI is InChI=1S/C9H13NO2/c1-8-3-4-9(5-10-8)6-12-7-11-2/h3-5H,6-7H2,1-2H3. The Kier molecular flexibility index (Phi) is 3.70. The third-order valence-corrected chi connectivity index (χ3v) is 1.44. The predicted octanol–water partition coefficient (Wildman–Crippen LogP) is 1.51. The fourth-order valence-electron chi connectivity index (χ4n) is 0.827. The van der Waals surface area contributed by atoms with Crippen LogP contribution in [0.25, 0.3) is 0 Å². The minimum atomic E-state index is 0.327. The van der Waals surface area contributed by atoms with Gasteiger partial charge in [-0.1, -0.05) is 6.07 Å². The second-order valence-corrected chi connectivity index (χ2v) is 2.56. The minimum absolute atomic E-state index is 0.327. The molecule has 0 aliphatic heterocycles. The molecular formula is C9H13NO2. The maximum atomic E-state index is 5.15. The molecule has 0 atom stereocenters. The summed E-state index contributed by atoms with van der Waals surface area (Å²) in [5, 5.41) is 0. The Bertz CT molecular complexity index is 220. The third kappa shape index (κ3) is 2.98. The molecule has 0 bridgehead atoms. The fraction of sp³-hybridized carbons (Fsp3) is 0.444. The smallest absolute Gasteiger partial charge is 0.146 e. The molecule has 0 saturated heterocycles. The molecule has 1 rings (SSSR count). The van der Waals surface area contributed by atoms with E-state index in [1.807, 2.05) is 25.3 Å². The second-order valence-electron chi connectivity index (χ2n) is 2.56. The molecule has 1 aromatic rings. The maximum absolute atomic E-state index is 5.15. The quantitative estimate of drug-likeness (QED) is 0.503. The second kappa shape index (κ2) is 4.85. The Balaban J connectivity index is 2.37. The van der Waals surface area contributed by atoms with E-state index in [-0.39, 0.29) is 0 Å². The molecule has 66 valence electrons. The van der Waals surface area contributed by atoms with Crippen molar-refractivity contribution in [3.63, 3.8) is 0 Å². The summed E-state index contributed by atoms with van der Waals surface area (Å²) >= 11 is 0. The zero-order valence-corrected chi connectivity index (χ0v) is 7.41. The van der Waals surface area contributed by atoms with Crippen molar-refractivity contribution in [2.45, 2.75) is 13.5 Å². The largest absolute Gasteiger partial charge is 0.359 e. The Hall–Kier alpha value is -0.930. The topological polar surface area (TPSA) is 31.4 Å². The fourth-order valence-corrected chi connectivity index (χ4v) is 0.827.